The number of hydrogen-bond donors (Lipinski definition) is 2. The molecule has 19 heavy (non-hydrogen) atoms. The van der Waals surface area contributed by atoms with Crippen LogP contribution >= 0.6 is 0 Å². The summed E-state index contributed by atoms with van der Waals surface area (Å²) in [4.78, 5) is 8.50. The molecule has 102 valence electrons. The lowest BCUT2D eigenvalue weighted by Gasteiger charge is -2.08. The van der Waals surface area contributed by atoms with E-state index in [1.54, 1.807) is 13.2 Å². The topological polar surface area (TPSA) is 88.5 Å². The second-order valence-electron chi connectivity index (χ2n) is 3.86. The van der Waals surface area contributed by atoms with Crippen LogP contribution in [0.1, 0.15) is 24.4 Å². The van der Waals surface area contributed by atoms with Gasteiger partial charge >= 0.3 is 0 Å². The summed E-state index contributed by atoms with van der Waals surface area (Å²) in [5, 5.41) is 9.97. The van der Waals surface area contributed by atoms with Gasteiger partial charge in [0.25, 0.3) is 0 Å². The molecule has 0 atom stereocenters. The number of furan rings is 1. The molecule has 0 aliphatic heterocycles. The van der Waals surface area contributed by atoms with Crippen LogP contribution in [0, 0.1) is 6.92 Å². The fourth-order valence-corrected chi connectivity index (χ4v) is 1.47. The van der Waals surface area contributed by atoms with Crippen molar-refractivity contribution in [3.8, 4) is 0 Å². The van der Waals surface area contributed by atoms with E-state index in [0.29, 0.717) is 30.8 Å². The zero-order valence-corrected chi connectivity index (χ0v) is 11.0. The summed E-state index contributed by atoms with van der Waals surface area (Å²) in [6, 6.07) is 3.72. The zero-order valence-electron chi connectivity index (χ0n) is 11.0. The molecule has 0 spiro atoms. The van der Waals surface area contributed by atoms with Gasteiger partial charge in [-0.1, -0.05) is 5.16 Å². The van der Waals surface area contributed by atoms with Crippen molar-refractivity contribution < 1.29 is 8.94 Å². The first-order chi connectivity index (χ1) is 9.28. The molecular weight excluding hydrogens is 246 g/mol. The molecule has 7 nitrogen and oxygen atoms in total. The first kappa shape index (κ1) is 13.1. The minimum absolute atomic E-state index is 0.435. The van der Waals surface area contributed by atoms with Crippen LogP contribution in [0.2, 0.25) is 0 Å². The average molecular weight is 263 g/mol. The van der Waals surface area contributed by atoms with Crippen LogP contribution in [-0.2, 0) is 13.1 Å². The van der Waals surface area contributed by atoms with E-state index in [0.717, 1.165) is 12.3 Å². The summed E-state index contributed by atoms with van der Waals surface area (Å²) in [5.74, 6) is 2.64. The maximum Gasteiger partial charge on any atom is 0.246 e. The Morgan fingerprint density at radius 1 is 1.42 bits per heavy atom. The monoisotopic (exact) mass is 263 g/mol. The van der Waals surface area contributed by atoms with Gasteiger partial charge in [0, 0.05) is 6.54 Å². The summed E-state index contributed by atoms with van der Waals surface area (Å²) >= 11 is 0. The van der Waals surface area contributed by atoms with Crippen molar-refractivity contribution in [3.05, 3.63) is 35.9 Å². The highest BCUT2D eigenvalue weighted by molar-refractivity contribution is 5.79. The van der Waals surface area contributed by atoms with E-state index >= 15 is 0 Å². The van der Waals surface area contributed by atoms with Crippen LogP contribution in [-0.4, -0.2) is 22.6 Å². The van der Waals surface area contributed by atoms with Crippen molar-refractivity contribution in [2.75, 3.05) is 6.54 Å². The molecule has 2 rings (SSSR count). The van der Waals surface area contributed by atoms with E-state index in [-0.39, 0.29) is 0 Å². The molecule has 0 fully saturated rings. The molecule has 7 heteroatoms. The van der Waals surface area contributed by atoms with Crippen LogP contribution in [0.15, 0.2) is 32.3 Å². The van der Waals surface area contributed by atoms with Crippen molar-refractivity contribution in [1.82, 2.24) is 20.8 Å². The molecule has 2 aromatic rings. The fraction of sp³-hybridized carbons (Fsp3) is 0.417. The second kappa shape index (κ2) is 6.58. The molecule has 0 amide bonds. The summed E-state index contributed by atoms with van der Waals surface area (Å²) in [5.41, 5.74) is 0. The first-order valence-corrected chi connectivity index (χ1v) is 6.11. The van der Waals surface area contributed by atoms with E-state index in [1.807, 2.05) is 19.1 Å². The maximum atomic E-state index is 5.22. The molecule has 2 heterocycles. The summed E-state index contributed by atoms with van der Waals surface area (Å²) in [7, 11) is 0. The van der Waals surface area contributed by atoms with Crippen LogP contribution in [0.5, 0.6) is 0 Å². The number of aromatic nitrogens is 2. The number of hydrogen-bond acceptors (Lipinski definition) is 5. The zero-order chi connectivity index (χ0) is 13.5. The van der Waals surface area contributed by atoms with Crippen molar-refractivity contribution in [2.45, 2.75) is 26.9 Å². The van der Waals surface area contributed by atoms with Crippen molar-refractivity contribution in [3.63, 3.8) is 0 Å². The highest BCUT2D eigenvalue weighted by Crippen LogP contribution is 2.01. The quantitative estimate of drug-likeness (QED) is 0.623. The standard InChI is InChI=1S/C12H17N5O2/c1-3-13-12(14-7-10-5-4-6-18-10)15-8-11-16-9(2)17-19-11/h4-6H,3,7-8H2,1-2H3,(H2,13,14,15). The smallest absolute Gasteiger partial charge is 0.246 e. The molecule has 0 aliphatic carbocycles. The molecule has 0 saturated heterocycles. The van der Waals surface area contributed by atoms with Gasteiger partial charge in [-0.05, 0) is 26.0 Å². The van der Waals surface area contributed by atoms with Gasteiger partial charge in [-0.15, -0.1) is 0 Å². The molecule has 0 radical (unpaired) electrons. The maximum absolute atomic E-state index is 5.22. The Bertz CT molecular complexity index is 518. The van der Waals surface area contributed by atoms with Crippen LogP contribution in [0.25, 0.3) is 0 Å². The Labute approximate surface area is 111 Å². The average Bonchev–Trinajstić information content (AvgIpc) is 3.04. The lowest BCUT2D eigenvalue weighted by Crippen LogP contribution is -2.36. The molecule has 2 aromatic heterocycles. The van der Waals surface area contributed by atoms with Crippen LogP contribution in [0.3, 0.4) is 0 Å². The Hall–Kier alpha value is -2.31. The van der Waals surface area contributed by atoms with E-state index in [4.69, 9.17) is 8.94 Å². The summed E-state index contributed by atoms with van der Waals surface area (Å²) in [6.45, 7) is 5.47. The Morgan fingerprint density at radius 2 is 2.32 bits per heavy atom. The van der Waals surface area contributed by atoms with Gasteiger partial charge in [0.2, 0.25) is 5.89 Å². The van der Waals surface area contributed by atoms with E-state index in [2.05, 4.69) is 25.8 Å². The van der Waals surface area contributed by atoms with E-state index in [9.17, 15) is 0 Å². The molecule has 0 aromatic carbocycles. The first-order valence-electron chi connectivity index (χ1n) is 6.11. The molecule has 0 aliphatic rings. The molecule has 0 unspecified atom stereocenters. The Kier molecular flexibility index (Phi) is 4.54. The third-order valence-electron chi connectivity index (χ3n) is 2.29. The van der Waals surface area contributed by atoms with E-state index < -0.39 is 0 Å². The Balaban J connectivity index is 1.89. The summed E-state index contributed by atoms with van der Waals surface area (Å²) in [6.07, 6.45) is 1.63. The fourth-order valence-electron chi connectivity index (χ4n) is 1.47. The summed E-state index contributed by atoms with van der Waals surface area (Å²) < 4.78 is 10.2. The number of guanidine groups is 1. The molecular formula is C12H17N5O2. The van der Waals surface area contributed by atoms with Crippen molar-refractivity contribution in [1.29, 1.82) is 0 Å². The third-order valence-corrected chi connectivity index (χ3v) is 2.29. The van der Waals surface area contributed by atoms with Crippen molar-refractivity contribution in [2.24, 2.45) is 4.99 Å². The third kappa shape index (κ3) is 4.13. The van der Waals surface area contributed by atoms with Gasteiger partial charge in [0.15, 0.2) is 11.8 Å². The lowest BCUT2D eigenvalue weighted by molar-refractivity contribution is 0.371. The van der Waals surface area contributed by atoms with Gasteiger partial charge in [-0.3, -0.25) is 0 Å². The van der Waals surface area contributed by atoms with Gasteiger partial charge < -0.3 is 19.6 Å². The minimum atomic E-state index is 0.435. The van der Waals surface area contributed by atoms with E-state index in [1.165, 1.54) is 0 Å². The van der Waals surface area contributed by atoms with Gasteiger partial charge in [0.05, 0.1) is 12.8 Å². The SMILES string of the molecule is CCNC(=NCc1ccco1)NCc1nc(C)no1. The van der Waals surface area contributed by atoms with Gasteiger partial charge in [-0.2, -0.15) is 4.98 Å². The normalized spacial score (nSPS) is 11.6. The molecule has 2 N–H and O–H groups in total. The van der Waals surface area contributed by atoms with Crippen molar-refractivity contribution >= 4 is 5.96 Å². The molecule has 0 bridgehead atoms. The largest absolute Gasteiger partial charge is 0.467 e. The second-order valence-corrected chi connectivity index (χ2v) is 3.86. The van der Waals surface area contributed by atoms with Gasteiger partial charge in [-0.25, -0.2) is 4.99 Å². The molecule has 0 saturated carbocycles. The predicted octanol–water partition coefficient (Wildman–Crippen LogP) is 1.23. The van der Waals surface area contributed by atoms with Crippen LogP contribution < -0.4 is 10.6 Å². The van der Waals surface area contributed by atoms with Crippen LogP contribution in [0.4, 0.5) is 0 Å². The number of nitrogens with zero attached hydrogens (tertiary/aromatic N) is 3. The number of nitrogens with one attached hydrogen (secondary N) is 2. The number of rotatable bonds is 5. The Morgan fingerprint density at radius 3 is 2.95 bits per heavy atom. The minimum Gasteiger partial charge on any atom is -0.467 e. The lowest BCUT2D eigenvalue weighted by atomic mass is 10.4. The predicted molar refractivity (Wildman–Crippen MR) is 69.4 cm³/mol. The highest BCUT2D eigenvalue weighted by atomic mass is 16.5. The number of aliphatic imine (C=N–C) groups is 1. The highest BCUT2D eigenvalue weighted by Gasteiger charge is 2.04. The van der Waals surface area contributed by atoms with Gasteiger partial charge in [0.1, 0.15) is 12.3 Å². The number of aryl methyl sites for hydroxylation is 1.